The standard InChI is InChI=1S/C32H35Cl3N2O5/c1-21-28(19-37-13-15-40-16-14-37)41-30(42-29(21)25-7-5-22(20-38)6-8-25)26-11-9-24(10-12-26)27-4-2-3-23(17-27)18-36-31(39)32(33,34)35/h2-12,17,21,28-30,38H,13-16,18-20H2,1H3,(H,36,39)/t21-,28+,29+,30+/m1/s1. The van der Waals surface area contributed by atoms with Crippen LogP contribution in [0.3, 0.4) is 0 Å². The smallest absolute Gasteiger partial charge is 0.272 e. The third-order valence-electron chi connectivity index (χ3n) is 7.82. The molecule has 2 aliphatic heterocycles. The van der Waals surface area contributed by atoms with Crippen LogP contribution in [0.25, 0.3) is 11.1 Å². The lowest BCUT2D eigenvalue weighted by atomic mass is 9.90. The van der Waals surface area contributed by atoms with E-state index in [2.05, 4.69) is 17.1 Å². The average molecular weight is 634 g/mol. The van der Waals surface area contributed by atoms with Gasteiger partial charge in [-0.05, 0) is 33.9 Å². The molecule has 2 heterocycles. The van der Waals surface area contributed by atoms with E-state index in [1.165, 1.54) is 0 Å². The zero-order chi connectivity index (χ0) is 29.7. The normalized spacial score (nSPS) is 23.5. The van der Waals surface area contributed by atoms with Crippen LogP contribution in [0.1, 0.15) is 41.6 Å². The highest BCUT2D eigenvalue weighted by atomic mass is 35.6. The molecule has 0 aromatic heterocycles. The van der Waals surface area contributed by atoms with Crippen molar-refractivity contribution in [3.8, 4) is 11.1 Å². The van der Waals surface area contributed by atoms with Gasteiger partial charge in [0.15, 0.2) is 6.29 Å². The summed E-state index contributed by atoms with van der Waals surface area (Å²) in [7, 11) is 0. The molecular formula is C32H35Cl3N2O5. The molecule has 3 aromatic rings. The minimum absolute atomic E-state index is 0.00556. The van der Waals surface area contributed by atoms with E-state index in [4.69, 9.17) is 49.0 Å². The van der Waals surface area contributed by atoms with Crippen LogP contribution in [-0.4, -0.2) is 58.7 Å². The summed E-state index contributed by atoms with van der Waals surface area (Å²) in [5.41, 5.74) is 5.75. The fourth-order valence-electron chi connectivity index (χ4n) is 5.34. The molecule has 0 spiro atoms. The van der Waals surface area contributed by atoms with E-state index in [1.807, 2.05) is 72.8 Å². The van der Waals surface area contributed by atoms with Gasteiger partial charge in [0.2, 0.25) is 0 Å². The van der Waals surface area contributed by atoms with Gasteiger partial charge in [0, 0.05) is 37.7 Å². The highest BCUT2D eigenvalue weighted by Gasteiger charge is 2.39. The van der Waals surface area contributed by atoms with Gasteiger partial charge in [-0.1, -0.05) is 108 Å². The monoisotopic (exact) mass is 632 g/mol. The van der Waals surface area contributed by atoms with Crippen molar-refractivity contribution in [1.82, 2.24) is 10.2 Å². The molecule has 0 aliphatic carbocycles. The summed E-state index contributed by atoms with van der Waals surface area (Å²) >= 11 is 17.0. The van der Waals surface area contributed by atoms with Crippen molar-refractivity contribution in [2.24, 2.45) is 5.92 Å². The van der Waals surface area contributed by atoms with Crippen molar-refractivity contribution in [3.63, 3.8) is 0 Å². The summed E-state index contributed by atoms with van der Waals surface area (Å²) in [6.45, 7) is 6.46. The number of amides is 1. The zero-order valence-corrected chi connectivity index (χ0v) is 25.6. The third kappa shape index (κ3) is 7.84. The summed E-state index contributed by atoms with van der Waals surface area (Å²) in [4.78, 5) is 14.3. The first kappa shape index (κ1) is 31.2. The Balaban J connectivity index is 1.33. The predicted octanol–water partition coefficient (Wildman–Crippen LogP) is 5.96. The minimum atomic E-state index is -2.00. The van der Waals surface area contributed by atoms with E-state index in [0.29, 0.717) is 0 Å². The van der Waals surface area contributed by atoms with Crippen LogP contribution in [0, 0.1) is 5.92 Å². The Hall–Kier alpha value is -2.20. The van der Waals surface area contributed by atoms with Crippen molar-refractivity contribution in [1.29, 1.82) is 0 Å². The van der Waals surface area contributed by atoms with Gasteiger partial charge in [-0.25, -0.2) is 0 Å². The number of morpholine rings is 1. The average Bonchev–Trinajstić information content (AvgIpc) is 3.01. The second kappa shape index (κ2) is 14.1. The van der Waals surface area contributed by atoms with E-state index in [-0.39, 0.29) is 31.3 Å². The molecule has 3 aromatic carbocycles. The maximum absolute atomic E-state index is 11.9. The lowest BCUT2D eigenvalue weighted by Gasteiger charge is -2.43. The first-order valence-electron chi connectivity index (χ1n) is 14.1. The van der Waals surface area contributed by atoms with Crippen molar-refractivity contribution in [3.05, 3.63) is 95.1 Å². The number of alkyl halides is 3. The lowest BCUT2D eigenvalue weighted by Crippen LogP contribution is -2.47. The molecule has 0 bridgehead atoms. The van der Waals surface area contributed by atoms with Gasteiger partial charge in [0.25, 0.3) is 9.70 Å². The molecular weight excluding hydrogens is 599 g/mol. The first-order chi connectivity index (χ1) is 20.2. The molecule has 0 unspecified atom stereocenters. The van der Waals surface area contributed by atoms with Crippen molar-refractivity contribution >= 4 is 40.7 Å². The fourth-order valence-corrected chi connectivity index (χ4v) is 5.54. The second-order valence-electron chi connectivity index (χ2n) is 10.7. The van der Waals surface area contributed by atoms with Crippen molar-refractivity contribution in [2.45, 2.75) is 42.4 Å². The number of aliphatic hydroxyl groups excluding tert-OH is 1. The number of hydrogen-bond donors (Lipinski definition) is 2. The Morgan fingerprint density at radius 1 is 0.929 bits per heavy atom. The van der Waals surface area contributed by atoms with E-state index < -0.39 is 16.0 Å². The summed E-state index contributed by atoms with van der Waals surface area (Å²) < 4.78 is 16.8. The minimum Gasteiger partial charge on any atom is -0.392 e. The van der Waals surface area contributed by atoms with Gasteiger partial charge in [-0.2, -0.15) is 0 Å². The molecule has 7 nitrogen and oxygen atoms in total. The molecule has 42 heavy (non-hydrogen) atoms. The van der Waals surface area contributed by atoms with Crippen LogP contribution in [0.15, 0.2) is 72.8 Å². The van der Waals surface area contributed by atoms with Gasteiger partial charge < -0.3 is 24.6 Å². The van der Waals surface area contributed by atoms with E-state index in [9.17, 15) is 9.90 Å². The number of carbonyl (C=O) groups is 1. The Bertz CT molecular complexity index is 1330. The number of halogens is 3. The van der Waals surface area contributed by atoms with E-state index in [1.54, 1.807) is 0 Å². The lowest BCUT2D eigenvalue weighted by molar-refractivity contribution is -0.277. The Kier molecular flexibility index (Phi) is 10.5. The summed E-state index contributed by atoms with van der Waals surface area (Å²) in [5, 5.41) is 12.1. The van der Waals surface area contributed by atoms with Crippen LogP contribution in [0.5, 0.6) is 0 Å². The number of hydrogen-bond acceptors (Lipinski definition) is 6. The van der Waals surface area contributed by atoms with Crippen LogP contribution >= 0.6 is 34.8 Å². The molecule has 2 N–H and O–H groups in total. The maximum atomic E-state index is 11.9. The van der Waals surface area contributed by atoms with Gasteiger partial charge in [0.1, 0.15) is 0 Å². The number of nitrogens with one attached hydrogen (secondary N) is 1. The largest absolute Gasteiger partial charge is 0.392 e. The van der Waals surface area contributed by atoms with Gasteiger partial charge >= 0.3 is 0 Å². The molecule has 2 saturated heterocycles. The summed E-state index contributed by atoms with van der Waals surface area (Å²) in [5.74, 6) is -0.549. The SMILES string of the molecule is C[C@@H]1[C@H](CN2CCOCC2)O[C@H](c2ccc(-c3cccc(CNC(=O)C(Cl)(Cl)Cl)c3)cc2)O[C@@H]1c1ccc(CO)cc1. The predicted molar refractivity (Wildman–Crippen MR) is 164 cm³/mol. The number of benzene rings is 3. The number of aliphatic hydroxyl groups is 1. The number of ether oxygens (including phenoxy) is 3. The second-order valence-corrected chi connectivity index (χ2v) is 13.0. The zero-order valence-electron chi connectivity index (χ0n) is 23.3. The van der Waals surface area contributed by atoms with Crippen LogP contribution < -0.4 is 5.32 Å². The summed E-state index contributed by atoms with van der Waals surface area (Å²) in [6, 6.07) is 23.9. The molecule has 1 amide bonds. The molecule has 5 rings (SSSR count). The molecule has 2 fully saturated rings. The number of rotatable bonds is 8. The van der Waals surface area contributed by atoms with Gasteiger partial charge in [-0.3, -0.25) is 9.69 Å². The van der Waals surface area contributed by atoms with E-state index >= 15 is 0 Å². The maximum Gasteiger partial charge on any atom is 0.272 e. The van der Waals surface area contributed by atoms with Crippen LogP contribution in [-0.2, 0) is 32.2 Å². The molecule has 2 aliphatic rings. The number of carbonyl (C=O) groups excluding carboxylic acids is 1. The molecule has 224 valence electrons. The first-order valence-corrected chi connectivity index (χ1v) is 15.2. The third-order valence-corrected chi connectivity index (χ3v) is 8.33. The Morgan fingerprint density at radius 2 is 1.62 bits per heavy atom. The number of nitrogens with zero attached hydrogens (tertiary/aromatic N) is 1. The topological polar surface area (TPSA) is 80.3 Å². The van der Waals surface area contributed by atoms with Crippen LogP contribution in [0.4, 0.5) is 0 Å². The van der Waals surface area contributed by atoms with Gasteiger partial charge in [0.05, 0.1) is 32.0 Å². The fraction of sp³-hybridized carbons (Fsp3) is 0.406. The quantitative estimate of drug-likeness (QED) is 0.298. The van der Waals surface area contributed by atoms with E-state index in [0.717, 1.165) is 66.2 Å². The Morgan fingerprint density at radius 3 is 2.29 bits per heavy atom. The van der Waals surface area contributed by atoms with Gasteiger partial charge in [-0.15, -0.1) is 0 Å². The van der Waals surface area contributed by atoms with Crippen LogP contribution in [0.2, 0.25) is 0 Å². The Labute approximate surface area is 261 Å². The highest BCUT2D eigenvalue weighted by Crippen LogP contribution is 2.42. The van der Waals surface area contributed by atoms with Crippen molar-refractivity contribution in [2.75, 3.05) is 32.8 Å². The summed E-state index contributed by atoms with van der Waals surface area (Å²) in [6.07, 6.45) is -0.738. The molecule has 10 heteroatoms. The van der Waals surface area contributed by atoms with Crippen molar-refractivity contribution < 1.29 is 24.1 Å². The molecule has 0 radical (unpaired) electrons. The highest BCUT2D eigenvalue weighted by molar-refractivity contribution is 6.76. The molecule has 0 saturated carbocycles. The molecule has 4 atom stereocenters.